The van der Waals surface area contributed by atoms with Crippen LogP contribution in [-0.2, 0) is 11.3 Å². The highest BCUT2D eigenvalue weighted by atomic mass is 79.9. The summed E-state index contributed by atoms with van der Waals surface area (Å²) < 4.78 is 0.779. The quantitative estimate of drug-likeness (QED) is 0.543. The van der Waals surface area contributed by atoms with Gasteiger partial charge in [0.1, 0.15) is 5.75 Å². The molecule has 3 aromatic rings. The van der Waals surface area contributed by atoms with E-state index in [1.807, 2.05) is 42.5 Å². The fourth-order valence-corrected chi connectivity index (χ4v) is 4.23. The van der Waals surface area contributed by atoms with Gasteiger partial charge in [-0.3, -0.25) is 14.5 Å². The molecule has 27 heavy (non-hydrogen) atoms. The third-order valence-corrected chi connectivity index (χ3v) is 5.76. The first-order valence-electron chi connectivity index (χ1n) is 8.23. The van der Waals surface area contributed by atoms with Crippen LogP contribution in [0.2, 0.25) is 0 Å². The van der Waals surface area contributed by atoms with E-state index < -0.39 is 0 Å². The Morgan fingerprint density at radius 1 is 1.04 bits per heavy atom. The van der Waals surface area contributed by atoms with Crippen molar-refractivity contribution in [3.05, 3.63) is 81.2 Å². The zero-order valence-corrected chi connectivity index (χ0v) is 16.5. The third kappa shape index (κ3) is 3.50. The Bertz CT molecular complexity index is 1100. The molecule has 1 aliphatic heterocycles. The number of halogens is 1. The van der Waals surface area contributed by atoms with Crippen molar-refractivity contribution < 1.29 is 14.7 Å². The van der Waals surface area contributed by atoms with Crippen molar-refractivity contribution in [2.24, 2.45) is 0 Å². The molecule has 4 rings (SSSR count). The van der Waals surface area contributed by atoms with Gasteiger partial charge in [0.05, 0.1) is 11.4 Å². The number of phenols is 1. The van der Waals surface area contributed by atoms with E-state index in [0.717, 1.165) is 32.6 Å². The van der Waals surface area contributed by atoms with Crippen molar-refractivity contribution >= 4 is 55.7 Å². The number of benzene rings is 3. The third-order valence-electron chi connectivity index (χ3n) is 4.36. The maximum absolute atomic E-state index is 12.8. The van der Waals surface area contributed by atoms with Gasteiger partial charge in [-0.2, -0.15) is 0 Å². The second-order valence-corrected chi connectivity index (χ2v) is 8.02. The molecule has 0 atom stereocenters. The molecule has 1 N–H and O–H groups in total. The van der Waals surface area contributed by atoms with Crippen LogP contribution in [-0.4, -0.2) is 21.2 Å². The van der Waals surface area contributed by atoms with Crippen molar-refractivity contribution in [2.75, 3.05) is 0 Å². The molecule has 0 aromatic heterocycles. The highest BCUT2D eigenvalue weighted by Gasteiger charge is 2.35. The lowest BCUT2D eigenvalue weighted by Gasteiger charge is -2.14. The molecule has 1 saturated heterocycles. The summed E-state index contributed by atoms with van der Waals surface area (Å²) in [5, 5.41) is 11.8. The minimum absolute atomic E-state index is 0.0547. The molecular formula is C21H14BrNO3S. The van der Waals surface area contributed by atoms with Crippen molar-refractivity contribution in [3.63, 3.8) is 0 Å². The summed E-state index contributed by atoms with van der Waals surface area (Å²) in [6.45, 7) is 0.216. The molecular weight excluding hydrogens is 426 g/mol. The molecule has 0 bridgehead atoms. The molecule has 6 heteroatoms. The smallest absolute Gasteiger partial charge is 0.293 e. The molecule has 1 heterocycles. The van der Waals surface area contributed by atoms with Crippen molar-refractivity contribution in [1.82, 2.24) is 4.90 Å². The van der Waals surface area contributed by atoms with E-state index in [4.69, 9.17) is 0 Å². The van der Waals surface area contributed by atoms with Crippen LogP contribution >= 0.6 is 27.7 Å². The second kappa shape index (κ2) is 7.21. The van der Waals surface area contributed by atoms with E-state index in [1.165, 1.54) is 11.0 Å². The highest BCUT2D eigenvalue weighted by molar-refractivity contribution is 9.10. The van der Waals surface area contributed by atoms with Crippen LogP contribution in [0, 0.1) is 0 Å². The Balaban J connectivity index is 1.65. The lowest BCUT2D eigenvalue weighted by molar-refractivity contribution is -0.123. The predicted octanol–water partition coefficient (Wildman–Crippen LogP) is 5.54. The van der Waals surface area contributed by atoms with Gasteiger partial charge in [-0.1, -0.05) is 58.4 Å². The van der Waals surface area contributed by atoms with E-state index in [1.54, 1.807) is 18.2 Å². The van der Waals surface area contributed by atoms with Crippen LogP contribution in [0.25, 0.3) is 16.8 Å². The van der Waals surface area contributed by atoms with Gasteiger partial charge in [-0.05, 0) is 52.4 Å². The van der Waals surface area contributed by atoms with E-state index in [-0.39, 0.29) is 23.4 Å². The average molecular weight is 440 g/mol. The van der Waals surface area contributed by atoms with Crippen molar-refractivity contribution in [1.29, 1.82) is 0 Å². The standard InChI is InChI=1S/C21H14BrNO3S/c22-16-8-9-18(24)15(10-16)11-19-20(25)23(21(26)27-19)12-14-6-3-5-13-4-1-2-7-17(13)14/h1-11,24H,12H2/b19-11+. The SMILES string of the molecule is O=C1S/C(=C/c2cc(Br)ccc2O)C(=O)N1Cc1cccc2ccccc12. The Morgan fingerprint density at radius 2 is 1.81 bits per heavy atom. The molecule has 0 aliphatic carbocycles. The van der Waals surface area contributed by atoms with Crippen LogP contribution in [0.3, 0.4) is 0 Å². The molecule has 134 valence electrons. The molecule has 1 aliphatic rings. The van der Waals surface area contributed by atoms with Crippen molar-refractivity contribution in [3.8, 4) is 5.75 Å². The van der Waals surface area contributed by atoms with Crippen LogP contribution in [0.5, 0.6) is 5.75 Å². The average Bonchev–Trinajstić information content (AvgIpc) is 2.92. The molecule has 0 saturated carbocycles. The molecule has 4 nitrogen and oxygen atoms in total. The van der Waals surface area contributed by atoms with E-state index in [0.29, 0.717) is 10.5 Å². The Labute approximate surface area is 168 Å². The summed E-state index contributed by atoms with van der Waals surface area (Å²) in [5.74, 6) is -0.295. The van der Waals surface area contributed by atoms with E-state index >= 15 is 0 Å². The van der Waals surface area contributed by atoms with Gasteiger partial charge in [-0.25, -0.2) is 0 Å². The number of carbonyl (C=O) groups excluding carboxylic acids is 2. The van der Waals surface area contributed by atoms with Gasteiger partial charge in [0.2, 0.25) is 0 Å². The Kier molecular flexibility index (Phi) is 4.76. The lowest BCUT2D eigenvalue weighted by atomic mass is 10.0. The normalized spacial score (nSPS) is 15.9. The molecule has 0 radical (unpaired) electrons. The topological polar surface area (TPSA) is 57.6 Å². The molecule has 1 fully saturated rings. The van der Waals surface area contributed by atoms with Gasteiger partial charge in [-0.15, -0.1) is 0 Å². The van der Waals surface area contributed by atoms with Gasteiger partial charge < -0.3 is 5.11 Å². The number of hydrogen-bond donors (Lipinski definition) is 1. The number of aromatic hydroxyl groups is 1. The zero-order chi connectivity index (χ0) is 19.0. The largest absolute Gasteiger partial charge is 0.507 e. The minimum Gasteiger partial charge on any atom is -0.507 e. The summed E-state index contributed by atoms with van der Waals surface area (Å²) in [6.07, 6.45) is 1.55. The number of phenolic OH excluding ortho intramolecular Hbond substituents is 1. The van der Waals surface area contributed by atoms with Gasteiger partial charge in [0.15, 0.2) is 0 Å². The van der Waals surface area contributed by atoms with Crippen molar-refractivity contribution in [2.45, 2.75) is 6.54 Å². The van der Waals surface area contributed by atoms with Gasteiger partial charge >= 0.3 is 0 Å². The number of imide groups is 1. The number of amides is 2. The first kappa shape index (κ1) is 17.8. The predicted molar refractivity (Wildman–Crippen MR) is 111 cm³/mol. The molecule has 0 spiro atoms. The summed E-state index contributed by atoms with van der Waals surface area (Å²) >= 11 is 4.23. The van der Waals surface area contributed by atoms with Crippen LogP contribution in [0.4, 0.5) is 4.79 Å². The van der Waals surface area contributed by atoms with Crippen LogP contribution in [0.1, 0.15) is 11.1 Å². The number of thioether (sulfide) groups is 1. The zero-order valence-electron chi connectivity index (χ0n) is 14.1. The molecule has 2 amide bonds. The number of rotatable bonds is 3. The summed E-state index contributed by atoms with van der Waals surface area (Å²) in [7, 11) is 0. The first-order valence-corrected chi connectivity index (χ1v) is 9.84. The number of fused-ring (bicyclic) bond motifs is 1. The molecule has 0 unspecified atom stereocenters. The summed E-state index contributed by atoms with van der Waals surface area (Å²) in [5.41, 5.74) is 1.40. The Hall–Kier alpha value is -2.57. The van der Waals surface area contributed by atoms with E-state index in [9.17, 15) is 14.7 Å². The molecule has 3 aromatic carbocycles. The number of carbonyl (C=O) groups is 2. The van der Waals surface area contributed by atoms with Gasteiger partial charge in [0.25, 0.3) is 11.1 Å². The summed E-state index contributed by atoms with van der Waals surface area (Å²) in [6, 6.07) is 18.7. The number of hydrogen-bond acceptors (Lipinski definition) is 4. The summed E-state index contributed by atoms with van der Waals surface area (Å²) in [4.78, 5) is 26.8. The maximum atomic E-state index is 12.8. The fourth-order valence-electron chi connectivity index (χ4n) is 3.02. The first-order chi connectivity index (χ1) is 13.0. The number of nitrogens with zero attached hydrogens (tertiary/aromatic N) is 1. The monoisotopic (exact) mass is 439 g/mol. The maximum Gasteiger partial charge on any atom is 0.293 e. The highest BCUT2D eigenvalue weighted by Crippen LogP contribution is 2.36. The minimum atomic E-state index is -0.350. The lowest BCUT2D eigenvalue weighted by Crippen LogP contribution is -2.27. The van der Waals surface area contributed by atoms with Gasteiger partial charge in [0, 0.05) is 10.0 Å². The Morgan fingerprint density at radius 3 is 2.67 bits per heavy atom. The second-order valence-electron chi connectivity index (χ2n) is 6.11. The van der Waals surface area contributed by atoms with Crippen LogP contribution < -0.4 is 0 Å². The van der Waals surface area contributed by atoms with E-state index in [2.05, 4.69) is 15.9 Å². The van der Waals surface area contributed by atoms with Crippen LogP contribution in [0.15, 0.2) is 70.0 Å². The fraction of sp³-hybridized carbons (Fsp3) is 0.0476.